The van der Waals surface area contributed by atoms with Crippen LogP contribution in [0.1, 0.15) is 34.0 Å². The van der Waals surface area contributed by atoms with Crippen molar-refractivity contribution in [2.24, 2.45) is 0 Å². The van der Waals surface area contributed by atoms with Crippen LogP contribution in [0.2, 0.25) is 0 Å². The Hall–Kier alpha value is -3.62. The second kappa shape index (κ2) is 12.8. The van der Waals surface area contributed by atoms with Crippen LogP contribution < -0.4 is 9.47 Å². The minimum atomic E-state index is -0.497. The summed E-state index contributed by atoms with van der Waals surface area (Å²) < 4.78 is 13.1. The fourth-order valence-corrected chi connectivity index (χ4v) is 4.99. The smallest absolute Gasteiger partial charge is 0.293 e. The molecule has 1 aliphatic heterocycles. The summed E-state index contributed by atoms with van der Waals surface area (Å²) in [6.07, 6.45) is 3.93. The van der Waals surface area contributed by atoms with Crippen molar-refractivity contribution in [2.75, 3.05) is 13.2 Å². The first-order chi connectivity index (χ1) is 18.4. The Balaban J connectivity index is 1.59. The van der Waals surface area contributed by atoms with Gasteiger partial charge in [-0.05, 0) is 66.6 Å². The predicted molar refractivity (Wildman–Crippen MR) is 153 cm³/mol. The zero-order valence-electron chi connectivity index (χ0n) is 20.8. The topological polar surface area (TPSA) is 72.9 Å². The van der Waals surface area contributed by atoms with E-state index in [0.717, 1.165) is 32.3 Å². The number of allylic oxidation sites excluding steroid dienone is 1. The Morgan fingerprint density at radius 3 is 2.47 bits per heavy atom. The number of carbonyl (C=O) groups excluding carboxylic acids is 3. The lowest BCUT2D eigenvalue weighted by Crippen LogP contribution is -2.33. The molecule has 1 heterocycles. The summed E-state index contributed by atoms with van der Waals surface area (Å²) in [5.41, 5.74) is 2.97. The number of halogens is 1. The lowest BCUT2D eigenvalue weighted by Gasteiger charge is -2.17. The van der Waals surface area contributed by atoms with Gasteiger partial charge in [0.15, 0.2) is 17.3 Å². The number of thioether (sulfide) groups is 1. The van der Waals surface area contributed by atoms with Crippen LogP contribution in [0, 0.1) is 0 Å². The molecule has 0 atom stereocenters. The first-order valence-electron chi connectivity index (χ1n) is 12.0. The SMILES string of the molecule is C=CCc1cc(/C=C2\SC(=O)N(CC(=O)c3ccccc3)C2=O)cc(OCC)c1OCc1ccc(Br)cc1. The van der Waals surface area contributed by atoms with Crippen molar-refractivity contribution in [2.45, 2.75) is 20.0 Å². The van der Waals surface area contributed by atoms with Crippen LogP contribution >= 0.6 is 27.7 Å². The first kappa shape index (κ1) is 27.4. The van der Waals surface area contributed by atoms with Crippen LogP contribution in [0.3, 0.4) is 0 Å². The van der Waals surface area contributed by atoms with Crippen LogP contribution in [0.4, 0.5) is 4.79 Å². The van der Waals surface area contributed by atoms with Gasteiger partial charge < -0.3 is 9.47 Å². The molecule has 2 amide bonds. The van der Waals surface area contributed by atoms with Crippen molar-refractivity contribution in [1.29, 1.82) is 0 Å². The van der Waals surface area contributed by atoms with Crippen molar-refractivity contribution >= 4 is 50.7 Å². The van der Waals surface area contributed by atoms with Gasteiger partial charge in [-0.15, -0.1) is 6.58 Å². The predicted octanol–water partition coefficient (Wildman–Crippen LogP) is 7.07. The molecule has 0 unspecified atom stereocenters. The quantitative estimate of drug-likeness (QED) is 0.135. The number of hydrogen-bond donors (Lipinski definition) is 0. The largest absolute Gasteiger partial charge is 0.490 e. The number of carbonyl (C=O) groups is 3. The lowest BCUT2D eigenvalue weighted by atomic mass is 10.0. The number of ketones is 1. The summed E-state index contributed by atoms with van der Waals surface area (Å²) in [6, 6.07) is 20.1. The van der Waals surface area contributed by atoms with Crippen LogP contribution in [0.25, 0.3) is 6.08 Å². The molecule has 0 saturated carbocycles. The summed E-state index contributed by atoms with van der Waals surface area (Å²) >= 11 is 4.25. The average molecular weight is 593 g/mol. The summed E-state index contributed by atoms with van der Waals surface area (Å²) in [4.78, 5) is 39.5. The Morgan fingerprint density at radius 1 is 1.05 bits per heavy atom. The van der Waals surface area contributed by atoms with E-state index in [1.165, 1.54) is 0 Å². The van der Waals surface area contributed by atoms with Gasteiger partial charge in [-0.3, -0.25) is 19.3 Å². The molecule has 0 aromatic heterocycles. The van der Waals surface area contributed by atoms with E-state index in [4.69, 9.17) is 9.47 Å². The third-order valence-corrected chi connectivity index (χ3v) is 7.12. The Labute approximate surface area is 234 Å². The minimum Gasteiger partial charge on any atom is -0.490 e. The fourth-order valence-electron chi connectivity index (χ4n) is 3.88. The number of imide groups is 1. The number of benzene rings is 3. The molecule has 6 nitrogen and oxygen atoms in total. The number of hydrogen-bond acceptors (Lipinski definition) is 6. The van der Waals surface area contributed by atoms with E-state index in [0.29, 0.717) is 42.3 Å². The standard InChI is InChI=1S/C30H26BrNO5S/c1-3-8-23-15-21(16-26(36-4-2)28(23)37-19-20-11-13-24(31)14-12-20)17-27-29(34)32(30(35)38-27)18-25(33)22-9-6-5-7-10-22/h3,5-7,9-17H,1,4,8,18-19H2,2H3/b27-17-. The van der Waals surface area contributed by atoms with Gasteiger partial charge in [0, 0.05) is 15.6 Å². The van der Waals surface area contributed by atoms with E-state index < -0.39 is 11.1 Å². The van der Waals surface area contributed by atoms with Crippen LogP contribution in [0.5, 0.6) is 11.5 Å². The molecule has 3 aromatic carbocycles. The molecule has 1 fully saturated rings. The van der Waals surface area contributed by atoms with Crippen molar-refractivity contribution < 1.29 is 23.9 Å². The molecular formula is C30H26BrNO5S. The molecule has 1 saturated heterocycles. The molecule has 0 N–H and O–H groups in total. The number of amides is 2. The average Bonchev–Trinajstić information content (AvgIpc) is 3.17. The van der Waals surface area contributed by atoms with Crippen LogP contribution in [-0.4, -0.2) is 35.0 Å². The van der Waals surface area contributed by atoms with Gasteiger partial charge in [0.25, 0.3) is 11.1 Å². The highest BCUT2D eigenvalue weighted by Crippen LogP contribution is 2.38. The lowest BCUT2D eigenvalue weighted by molar-refractivity contribution is -0.122. The second-order valence-electron chi connectivity index (χ2n) is 8.41. The fraction of sp³-hybridized carbons (Fsp3) is 0.167. The summed E-state index contributed by atoms with van der Waals surface area (Å²) in [7, 11) is 0. The zero-order valence-corrected chi connectivity index (χ0v) is 23.2. The second-order valence-corrected chi connectivity index (χ2v) is 10.3. The molecule has 38 heavy (non-hydrogen) atoms. The minimum absolute atomic E-state index is 0.242. The molecule has 8 heteroatoms. The molecule has 194 valence electrons. The first-order valence-corrected chi connectivity index (χ1v) is 13.6. The third kappa shape index (κ3) is 6.62. The van der Waals surface area contributed by atoms with Crippen molar-refractivity contribution in [3.05, 3.63) is 111 Å². The van der Waals surface area contributed by atoms with Gasteiger partial charge >= 0.3 is 0 Å². The number of Topliss-reactive ketones (excluding diaryl/α,β-unsaturated/α-hetero) is 1. The third-order valence-electron chi connectivity index (χ3n) is 5.68. The van der Waals surface area contributed by atoms with E-state index in [1.54, 1.807) is 48.6 Å². The zero-order chi connectivity index (χ0) is 27.1. The highest BCUT2D eigenvalue weighted by atomic mass is 79.9. The Bertz CT molecular complexity index is 1390. The van der Waals surface area contributed by atoms with E-state index >= 15 is 0 Å². The summed E-state index contributed by atoms with van der Waals surface area (Å²) in [6.45, 7) is 6.21. The molecule has 0 aliphatic carbocycles. The molecule has 0 bridgehead atoms. The molecule has 0 radical (unpaired) electrons. The number of rotatable bonds is 11. The van der Waals surface area contributed by atoms with Crippen molar-refractivity contribution in [1.82, 2.24) is 4.90 Å². The monoisotopic (exact) mass is 591 g/mol. The molecule has 4 rings (SSSR count). The van der Waals surface area contributed by atoms with E-state index in [1.807, 2.05) is 37.3 Å². The highest BCUT2D eigenvalue weighted by Gasteiger charge is 2.36. The highest BCUT2D eigenvalue weighted by molar-refractivity contribution is 9.10. The normalized spacial score (nSPS) is 14.2. The van der Waals surface area contributed by atoms with Gasteiger partial charge in [0.1, 0.15) is 6.61 Å². The Kier molecular flexibility index (Phi) is 9.20. The maximum atomic E-state index is 13.0. The van der Waals surface area contributed by atoms with Gasteiger partial charge in [0.05, 0.1) is 18.1 Å². The van der Waals surface area contributed by atoms with Crippen LogP contribution in [0.15, 0.2) is 88.8 Å². The van der Waals surface area contributed by atoms with Crippen LogP contribution in [-0.2, 0) is 17.8 Å². The van der Waals surface area contributed by atoms with Crippen molar-refractivity contribution in [3.8, 4) is 11.5 Å². The van der Waals surface area contributed by atoms with Gasteiger partial charge in [-0.2, -0.15) is 0 Å². The van der Waals surface area contributed by atoms with Gasteiger partial charge in [-0.1, -0.05) is 64.5 Å². The van der Waals surface area contributed by atoms with E-state index in [9.17, 15) is 14.4 Å². The summed E-state index contributed by atoms with van der Waals surface area (Å²) in [5.74, 6) is 0.346. The van der Waals surface area contributed by atoms with E-state index in [-0.39, 0.29) is 17.2 Å². The van der Waals surface area contributed by atoms with Crippen molar-refractivity contribution in [3.63, 3.8) is 0 Å². The van der Waals surface area contributed by atoms with Gasteiger partial charge in [-0.25, -0.2) is 0 Å². The summed E-state index contributed by atoms with van der Waals surface area (Å²) in [5, 5.41) is -0.476. The van der Waals surface area contributed by atoms with E-state index in [2.05, 4.69) is 22.5 Å². The number of nitrogens with zero attached hydrogens (tertiary/aromatic N) is 1. The molecule has 0 spiro atoms. The number of ether oxygens (including phenoxy) is 2. The maximum Gasteiger partial charge on any atom is 0.293 e. The molecule has 1 aliphatic rings. The molecular weight excluding hydrogens is 566 g/mol. The maximum absolute atomic E-state index is 13.0. The van der Waals surface area contributed by atoms with Gasteiger partial charge in [0.2, 0.25) is 0 Å². The Morgan fingerprint density at radius 2 is 1.79 bits per heavy atom. The molecule has 3 aromatic rings.